The van der Waals surface area contributed by atoms with Gasteiger partial charge in [-0.15, -0.1) is 0 Å². The van der Waals surface area contributed by atoms with Crippen LogP contribution in [0.25, 0.3) is 0 Å². The summed E-state index contributed by atoms with van der Waals surface area (Å²) in [6.45, 7) is 8.27. The number of rotatable bonds is 7. The molecule has 5 heteroatoms. The zero-order valence-electron chi connectivity index (χ0n) is 12.5. The van der Waals surface area contributed by atoms with Gasteiger partial charge in [0.2, 0.25) is 0 Å². The summed E-state index contributed by atoms with van der Waals surface area (Å²) in [5, 5.41) is 5.86. The Morgan fingerprint density at radius 3 is 2.60 bits per heavy atom. The van der Waals surface area contributed by atoms with E-state index < -0.39 is 0 Å². The highest BCUT2D eigenvalue weighted by atomic mass is 19.1. The van der Waals surface area contributed by atoms with E-state index in [1.54, 1.807) is 12.1 Å². The van der Waals surface area contributed by atoms with Gasteiger partial charge in [0.25, 0.3) is 5.91 Å². The molecule has 0 aromatic heterocycles. The molecule has 1 aromatic carbocycles. The van der Waals surface area contributed by atoms with Crippen molar-refractivity contribution in [3.8, 4) is 5.75 Å². The van der Waals surface area contributed by atoms with Crippen LogP contribution in [0, 0.1) is 5.82 Å². The second kappa shape index (κ2) is 7.85. The maximum absolute atomic E-state index is 13.9. The van der Waals surface area contributed by atoms with E-state index in [0.717, 1.165) is 6.54 Å². The fourth-order valence-electron chi connectivity index (χ4n) is 1.88. The van der Waals surface area contributed by atoms with Gasteiger partial charge < -0.3 is 15.4 Å². The summed E-state index contributed by atoms with van der Waals surface area (Å²) in [6, 6.07) is 4.67. The van der Waals surface area contributed by atoms with Crippen molar-refractivity contribution >= 4 is 5.91 Å². The molecule has 0 saturated carbocycles. The number of hydrogen-bond donors (Lipinski definition) is 2. The van der Waals surface area contributed by atoms with Crippen LogP contribution >= 0.6 is 0 Å². The smallest absolute Gasteiger partial charge is 0.258 e. The molecule has 1 aromatic rings. The van der Waals surface area contributed by atoms with Crippen molar-refractivity contribution in [1.82, 2.24) is 10.6 Å². The summed E-state index contributed by atoms with van der Waals surface area (Å²) < 4.78 is 19.2. The van der Waals surface area contributed by atoms with Crippen molar-refractivity contribution < 1.29 is 13.9 Å². The zero-order valence-corrected chi connectivity index (χ0v) is 12.5. The summed E-state index contributed by atoms with van der Waals surface area (Å²) in [5.41, 5.74) is 0.589. The molecule has 112 valence electrons. The van der Waals surface area contributed by atoms with Gasteiger partial charge in [0.1, 0.15) is 11.6 Å². The number of nitrogens with one attached hydrogen (secondary N) is 2. The fourth-order valence-corrected chi connectivity index (χ4v) is 1.88. The first-order valence-electron chi connectivity index (χ1n) is 6.89. The van der Waals surface area contributed by atoms with Crippen LogP contribution in [0.2, 0.25) is 0 Å². The maximum Gasteiger partial charge on any atom is 0.258 e. The average molecular weight is 282 g/mol. The van der Waals surface area contributed by atoms with Crippen LogP contribution in [0.5, 0.6) is 5.75 Å². The minimum absolute atomic E-state index is 0.0571. The first kappa shape index (κ1) is 16.4. The number of carbonyl (C=O) groups excluding carboxylic acids is 1. The molecule has 0 aliphatic rings. The molecular formula is C15H23FN2O2. The SMILES string of the molecule is CCNC(C)c1ccc(OCC(=O)NC(C)C)cc1F. The quantitative estimate of drug-likeness (QED) is 0.807. The third-order valence-electron chi connectivity index (χ3n) is 2.77. The van der Waals surface area contributed by atoms with Crippen molar-refractivity contribution in [3.05, 3.63) is 29.6 Å². The van der Waals surface area contributed by atoms with Crippen LogP contribution in [0.1, 0.15) is 39.3 Å². The third kappa shape index (κ3) is 5.17. The highest BCUT2D eigenvalue weighted by Crippen LogP contribution is 2.21. The van der Waals surface area contributed by atoms with Crippen LogP contribution in [0.15, 0.2) is 18.2 Å². The maximum atomic E-state index is 13.9. The highest BCUT2D eigenvalue weighted by Gasteiger charge is 2.11. The molecule has 0 radical (unpaired) electrons. The summed E-state index contributed by atoms with van der Waals surface area (Å²) in [7, 11) is 0. The Hall–Kier alpha value is -1.62. The highest BCUT2D eigenvalue weighted by molar-refractivity contribution is 5.77. The van der Waals surface area contributed by atoms with Gasteiger partial charge in [0.15, 0.2) is 6.61 Å². The van der Waals surface area contributed by atoms with Gasteiger partial charge in [-0.2, -0.15) is 0 Å². The molecule has 0 aliphatic heterocycles. The number of amides is 1. The van der Waals surface area contributed by atoms with Crippen molar-refractivity contribution in [2.75, 3.05) is 13.2 Å². The molecule has 2 N–H and O–H groups in total. The summed E-state index contributed by atoms with van der Waals surface area (Å²) in [5.74, 6) is -0.195. The molecule has 1 amide bonds. The molecule has 0 heterocycles. The first-order chi connectivity index (χ1) is 9.43. The molecule has 1 rings (SSSR count). The van der Waals surface area contributed by atoms with Crippen LogP contribution in [-0.2, 0) is 4.79 Å². The Morgan fingerprint density at radius 1 is 1.35 bits per heavy atom. The van der Waals surface area contributed by atoms with Crippen LogP contribution < -0.4 is 15.4 Å². The molecule has 0 fully saturated rings. The minimum Gasteiger partial charge on any atom is -0.484 e. The predicted molar refractivity (Wildman–Crippen MR) is 77.3 cm³/mol. The lowest BCUT2D eigenvalue weighted by atomic mass is 10.1. The standard InChI is InChI=1S/C15H23FN2O2/c1-5-17-11(4)13-7-6-12(8-14(13)16)20-9-15(19)18-10(2)3/h6-8,10-11,17H,5,9H2,1-4H3,(H,18,19). The molecule has 0 spiro atoms. The number of benzene rings is 1. The van der Waals surface area contributed by atoms with Crippen molar-refractivity contribution in [1.29, 1.82) is 0 Å². The van der Waals surface area contributed by atoms with Crippen LogP contribution in [-0.4, -0.2) is 25.1 Å². The largest absolute Gasteiger partial charge is 0.484 e. The van der Waals surface area contributed by atoms with E-state index in [1.807, 2.05) is 27.7 Å². The Morgan fingerprint density at radius 2 is 2.05 bits per heavy atom. The van der Waals surface area contributed by atoms with E-state index in [1.165, 1.54) is 6.07 Å². The second-order valence-corrected chi connectivity index (χ2v) is 4.97. The topological polar surface area (TPSA) is 50.4 Å². The minimum atomic E-state index is -0.333. The van der Waals surface area contributed by atoms with Gasteiger partial charge >= 0.3 is 0 Å². The van der Waals surface area contributed by atoms with Gasteiger partial charge in [-0.05, 0) is 33.4 Å². The van der Waals surface area contributed by atoms with E-state index >= 15 is 0 Å². The lowest BCUT2D eigenvalue weighted by Gasteiger charge is -2.15. The van der Waals surface area contributed by atoms with E-state index in [-0.39, 0.29) is 30.4 Å². The predicted octanol–water partition coefficient (Wildman–Crippen LogP) is 2.40. The Balaban J connectivity index is 2.61. The first-order valence-corrected chi connectivity index (χ1v) is 6.89. The van der Waals surface area contributed by atoms with Crippen molar-refractivity contribution in [3.63, 3.8) is 0 Å². The Kier molecular flexibility index (Phi) is 6.45. The zero-order chi connectivity index (χ0) is 15.1. The Labute approximate surface area is 119 Å². The summed E-state index contributed by atoms with van der Waals surface area (Å²) in [6.07, 6.45) is 0. The van der Waals surface area contributed by atoms with Gasteiger partial charge in [-0.3, -0.25) is 4.79 Å². The molecule has 0 saturated heterocycles. The normalized spacial score (nSPS) is 12.3. The lowest BCUT2D eigenvalue weighted by molar-refractivity contribution is -0.123. The van der Waals surface area contributed by atoms with Crippen molar-refractivity contribution in [2.45, 2.75) is 39.8 Å². The fraction of sp³-hybridized carbons (Fsp3) is 0.533. The van der Waals surface area contributed by atoms with Gasteiger partial charge in [0.05, 0.1) is 0 Å². The molecule has 1 atom stereocenters. The van der Waals surface area contributed by atoms with Crippen molar-refractivity contribution in [2.24, 2.45) is 0 Å². The van der Waals surface area contributed by atoms with Gasteiger partial charge in [-0.1, -0.05) is 13.0 Å². The summed E-state index contributed by atoms with van der Waals surface area (Å²) in [4.78, 5) is 11.4. The number of carbonyl (C=O) groups is 1. The van der Waals surface area contributed by atoms with Gasteiger partial charge in [-0.25, -0.2) is 4.39 Å². The number of halogens is 1. The monoisotopic (exact) mass is 282 g/mol. The average Bonchev–Trinajstić information content (AvgIpc) is 2.35. The molecule has 1 unspecified atom stereocenters. The van der Waals surface area contributed by atoms with Crippen LogP contribution in [0.4, 0.5) is 4.39 Å². The molecule has 0 bridgehead atoms. The molecule has 4 nitrogen and oxygen atoms in total. The molecular weight excluding hydrogens is 259 g/mol. The number of hydrogen-bond acceptors (Lipinski definition) is 3. The van der Waals surface area contributed by atoms with E-state index in [2.05, 4.69) is 10.6 Å². The van der Waals surface area contributed by atoms with Crippen LogP contribution in [0.3, 0.4) is 0 Å². The second-order valence-electron chi connectivity index (χ2n) is 4.97. The molecule has 20 heavy (non-hydrogen) atoms. The Bertz CT molecular complexity index is 449. The lowest BCUT2D eigenvalue weighted by Crippen LogP contribution is -2.34. The number of ether oxygens (including phenoxy) is 1. The third-order valence-corrected chi connectivity index (χ3v) is 2.77. The molecule has 0 aliphatic carbocycles. The van der Waals surface area contributed by atoms with E-state index in [4.69, 9.17) is 4.74 Å². The summed E-state index contributed by atoms with van der Waals surface area (Å²) >= 11 is 0. The van der Waals surface area contributed by atoms with E-state index in [0.29, 0.717) is 11.3 Å². The van der Waals surface area contributed by atoms with E-state index in [9.17, 15) is 9.18 Å². The van der Waals surface area contributed by atoms with Gasteiger partial charge in [0, 0.05) is 23.7 Å².